The van der Waals surface area contributed by atoms with Gasteiger partial charge in [-0.15, -0.1) is 0 Å². The number of cyclic esters (lactones) is 1. The smallest absolute Gasteiger partial charge is 0.418 e. The van der Waals surface area contributed by atoms with Crippen molar-refractivity contribution < 1.29 is 14.3 Å². The van der Waals surface area contributed by atoms with Crippen molar-refractivity contribution in [3.05, 3.63) is 0 Å². The summed E-state index contributed by atoms with van der Waals surface area (Å²) in [7, 11) is 0. The summed E-state index contributed by atoms with van der Waals surface area (Å²) in [5.41, 5.74) is 0. The minimum Gasteiger partial charge on any atom is -0.436 e. The van der Waals surface area contributed by atoms with Crippen LogP contribution in [0.4, 0.5) is 4.79 Å². The first-order valence-electron chi connectivity index (χ1n) is 3.05. The van der Waals surface area contributed by atoms with Gasteiger partial charge in [-0.05, 0) is 6.92 Å². The summed E-state index contributed by atoms with van der Waals surface area (Å²) in [5.74, 6) is -0.448. The number of ether oxygens (including phenoxy) is 1. The van der Waals surface area contributed by atoms with Gasteiger partial charge in [-0.2, -0.15) is 5.26 Å². The SMILES string of the molecule is CC1OC(=O)N(CC#N)C1=O. The van der Waals surface area contributed by atoms with E-state index < -0.39 is 18.1 Å². The number of nitrogens with zero attached hydrogens (tertiary/aromatic N) is 2. The number of hydrogen-bond donors (Lipinski definition) is 0. The third-order valence-corrected chi connectivity index (χ3v) is 1.34. The van der Waals surface area contributed by atoms with Crippen molar-refractivity contribution in [2.75, 3.05) is 6.54 Å². The summed E-state index contributed by atoms with van der Waals surface area (Å²) in [6.07, 6.45) is -1.47. The van der Waals surface area contributed by atoms with Crippen molar-refractivity contribution in [1.29, 1.82) is 5.26 Å². The average molecular weight is 154 g/mol. The molecular weight excluding hydrogens is 148 g/mol. The summed E-state index contributed by atoms with van der Waals surface area (Å²) < 4.78 is 4.52. The molecule has 0 spiro atoms. The van der Waals surface area contributed by atoms with Crippen LogP contribution in [0, 0.1) is 11.3 Å². The Morgan fingerprint density at radius 3 is 2.73 bits per heavy atom. The van der Waals surface area contributed by atoms with E-state index in [9.17, 15) is 9.59 Å². The van der Waals surface area contributed by atoms with Crippen molar-refractivity contribution in [1.82, 2.24) is 4.90 Å². The molecular formula is C6H6N2O3. The first-order chi connectivity index (χ1) is 5.16. The van der Waals surface area contributed by atoms with E-state index in [1.165, 1.54) is 6.92 Å². The molecule has 0 aromatic heterocycles. The first-order valence-corrected chi connectivity index (χ1v) is 3.05. The Bertz CT molecular complexity index is 243. The summed E-state index contributed by atoms with van der Waals surface area (Å²) in [4.78, 5) is 22.4. The molecule has 2 amide bonds. The van der Waals surface area contributed by atoms with Crippen LogP contribution >= 0.6 is 0 Å². The Balaban J connectivity index is 2.73. The molecule has 1 saturated heterocycles. The van der Waals surface area contributed by atoms with Crippen LogP contribution in [0.1, 0.15) is 6.92 Å². The average Bonchev–Trinajstić information content (AvgIpc) is 2.17. The van der Waals surface area contributed by atoms with Gasteiger partial charge in [0.15, 0.2) is 6.10 Å². The third kappa shape index (κ3) is 1.15. The number of imide groups is 1. The summed E-state index contributed by atoms with van der Waals surface area (Å²) in [6, 6.07) is 1.70. The molecule has 58 valence electrons. The monoisotopic (exact) mass is 154 g/mol. The molecule has 5 heteroatoms. The number of carbonyl (C=O) groups is 2. The number of nitriles is 1. The van der Waals surface area contributed by atoms with Gasteiger partial charge in [0.2, 0.25) is 0 Å². The van der Waals surface area contributed by atoms with Gasteiger partial charge in [0.05, 0.1) is 6.07 Å². The molecule has 1 aliphatic rings. The number of hydrogen-bond acceptors (Lipinski definition) is 4. The van der Waals surface area contributed by atoms with E-state index >= 15 is 0 Å². The fourth-order valence-corrected chi connectivity index (χ4v) is 0.788. The highest BCUT2D eigenvalue weighted by atomic mass is 16.6. The quantitative estimate of drug-likeness (QED) is 0.493. The molecule has 0 bridgehead atoms. The van der Waals surface area contributed by atoms with Crippen LogP contribution in [0.25, 0.3) is 0 Å². The lowest BCUT2D eigenvalue weighted by molar-refractivity contribution is -0.128. The van der Waals surface area contributed by atoms with Crippen LogP contribution in [0.2, 0.25) is 0 Å². The van der Waals surface area contributed by atoms with E-state index in [0.29, 0.717) is 0 Å². The van der Waals surface area contributed by atoms with Crippen LogP contribution in [0.3, 0.4) is 0 Å². The van der Waals surface area contributed by atoms with Gasteiger partial charge < -0.3 is 4.74 Å². The Labute approximate surface area is 63.1 Å². The Morgan fingerprint density at radius 1 is 1.73 bits per heavy atom. The normalized spacial score (nSPS) is 23.3. The number of amides is 2. The minimum absolute atomic E-state index is 0.234. The van der Waals surface area contributed by atoms with Crippen molar-refractivity contribution >= 4 is 12.0 Å². The van der Waals surface area contributed by atoms with Crippen LogP contribution in [0.5, 0.6) is 0 Å². The van der Waals surface area contributed by atoms with Crippen molar-refractivity contribution in [3.8, 4) is 6.07 Å². The molecule has 1 rings (SSSR count). The predicted octanol–water partition coefficient (Wildman–Crippen LogP) is -0.123. The molecule has 5 nitrogen and oxygen atoms in total. The Morgan fingerprint density at radius 2 is 2.36 bits per heavy atom. The molecule has 0 aliphatic carbocycles. The van der Waals surface area contributed by atoms with Crippen molar-refractivity contribution in [2.45, 2.75) is 13.0 Å². The van der Waals surface area contributed by atoms with E-state index in [0.717, 1.165) is 4.90 Å². The first kappa shape index (κ1) is 7.54. The number of carbonyl (C=O) groups excluding carboxylic acids is 2. The lowest BCUT2D eigenvalue weighted by Gasteiger charge is -2.02. The summed E-state index contributed by atoms with van der Waals surface area (Å²) >= 11 is 0. The highest BCUT2D eigenvalue weighted by Gasteiger charge is 2.37. The van der Waals surface area contributed by atoms with E-state index in [2.05, 4.69) is 4.74 Å². The number of rotatable bonds is 1. The van der Waals surface area contributed by atoms with Gasteiger partial charge >= 0.3 is 6.09 Å². The molecule has 1 aliphatic heterocycles. The van der Waals surface area contributed by atoms with Crippen LogP contribution < -0.4 is 0 Å². The zero-order chi connectivity index (χ0) is 8.43. The van der Waals surface area contributed by atoms with Crippen molar-refractivity contribution in [3.63, 3.8) is 0 Å². The maximum atomic E-state index is 10.9. The van der Waals surface area contributed by atoms with Gasteiger partial charge in [0.1, 0.15) is 6.54 Å². The van der Waals surface area contributed by atoms with E-state index in [4.69, 9.17) is 5.26 Å². The molecule has 1 heterocycles. The van der Waals surface area contributed by atoms with Gasteiger partial charge in [0.25, 0.3) is 5.91 Å². The lowest BCUT2D eigenvalue weighted by atomic mass is 10.4. The van der Waals surface area contributed by atoms with Crippen LogP contribution in [0.15, 0.2) is 0 Å². The molecule has 1 atom stereocenters. The fourth-order valence-electron chi connectivity index (χ4n) is 0.788. The standard InChI is InChI=1S/C6H6N2O3/c1-4-5(9)8(3-2-7)6(10)11-4/h4H,3H2,1H3. The summed E-state index contributed by atoms with van der Waals surface area (Å²) in [5, 5.41) is 8.20. The topological polar surface area (TPSA) is 70.4 Å². The minimum atomic E-state index is -0.740. The Kier molecular flexibility index (Phi) is 1.77. The Hall–Kier alpha value is -1.57. The largest absolute Gasteiger partial charge is 0.436 e. The van der Waals surface area contributed by atoms with Crippen LogP contribution in [-0.2, 0) is 9.53 Å². The second-order valence-electron chi connectivity index (χ2n) is 2.11. The molecule has 1 unspecified atom stereocenters. The molecule has 1 fully saturated rings. The molecule has 0 saturated carbocycles. The molecule has 0 N–H and O–H groups in total. The fraction of sp³-hybridized carbons (Fsp3) is 0.500. The highest BCUT2D eigenvalue weighted by molar-refractivity contribution is 5.99. The highest BCUT2D eigenvalue weighted by Crippen LogP contribution is 2.10. The van der Waals surface area contributed by atoms with Gasteiger partial charge in [-0.1, -0.05) is 0 Å². The molecule has 0 aromatic carbocycles. The maximum absolute atomic E-state index is 10.9. The third-order valence-electron chi connectivity index (χ3n) is 1.34. The van der Waals surface area contributed by atoms with E-state index in [1.54, 1.807) is 6.07 Å². The zero-order valence-corrected chi connectivity index (χ0v) is 5.90. The van der Waals surface area contributed by atoms with Gasteiger partial charge in [-0.3, -0.25) is 4.79 Å². The van der Waals surface area contributed by atoms with E-state index in [-0.39, 0.29) is 6.54 Å². The van der Waals surface area contributed by atoms with Gasteiger partial charge in [-0.25, -0.2) is 9.69 Å². The van der Waals surface area contributed by atoms with Gasteiger partial charge in [0, 0.05) is 0 Å². The maximum Gasteiger partial charge on any atom is 0.418 e. The van der Waals surface area contributed by atoms with Crippen LogP contribution in [-0.4, -0.2) is 29.5 Å². The second kappa shape index (κ2) is 2.58. The molecule has 0 aromatic rings. The second-order valence-corrected chi connectivity index (χ2v) is 2.11. The van der Waals surface area contributed by atoms with E-state index in [1.807, 2.05) is 0 Å². The summed E-state index contributed by atoms with van der Waals surface area (Å²) in [6.45, 7) is 1.24. The van der Waals surface area contributed by atoms with Crippen molar-refractivity contribution in [2.24, 2.45) is 0 Å². The molecule has 0 radical (unpaired) electrons. The zero-order valence-electron chi connectivity index (χ0n) is 5.90. The molecule has 11 heavy (non-hydrogen) atoms. The lowest BCUT2D eigenvalue weighted by Crippen LogP contribution is -2.30. The predicted molar refractivity (Wildman–Crippen MR) is 33.3 cm³/mol.